The van der Waals surface area contributed by atoms with Crippen molar-refractivity contribution in [2.24, 2.45) is 0 Å². The summed E-state index contributed by atoms with van der Waals surface area (Å²) < 4.78 is 27.5. The van der Waals surface area contributed by atoms with Gasteiger partial charge in [-0.2, -0.15) is 4.31 Å². The summed E-state index contributed by atoms with van der Waals surface area (Å²) in [6, 6.07) is 7.09. The van der Waals surface area contributed by atoms with Crippen molar-refractivity contribution in [3.05, 3.63) is 41.4 Å². The molecule has 32 heavy (non-hydrogen) atoms. The third kappa shape index (κ3) is 5.68. The molecular weight excluding hydrogens is 444 g/mol. The van der Waals surface area contributed by atoms with Crippen molar-refractivity contribution in [2.45, 2.75) is 49.8 Å². The van der Waals surface area contributed by atoms with Gasteiger partial charge in [0, 0.05) is 57.3 Å². The monoisotopic (exact) mass is 476 g/mol. The Bertz CT molecular complexity index is 969. The summed E-state index contributed by atoms with van der Waals surface area (Å²) >= 11 is 1.63. The second-order valence-electron chi connectivity index (χ2n) is 8.50. The number of carbonyl (C=O) groups excluding carboxylic acids is 1. The number of sulfonamides is 1. The van der Waals surface area contributed by atoms with E-state index >= 15 is 0 Å². The zero-order valence-electron chi connectivity index (χ0n) is 18.5. The maximum absolute atomic E-state index is 12.9. The van der Waals surface area contributed by atoms with E-state index < -0.39 is 10.0 Å². The van der Waals surface area contributed by atoms with Gasteiger partial charge in [0.1, 0.15) is 0 Å². The normalized spacial score (nSPS) is 18.9. The maximum atomic E-state index is 12.9. The molecule has 2 saturated heterocycles. The Labute approximate surface area is 195 Å². The second-order valence-corrected chi connectivity index (χ2v) is 11.3. The van der Waals surface area contributed by atoms with E-state index in [0.717, 1.165) is 62.4 Å². The van der Waals surface area contributed by atoms with Crippen molar-refractivity contribution in [1.82, 2.24) is 14.2 Å². The van der Waals surface area contributed by atoms with Crippen LogP contribution >= 0.6 is 11.3 Å². The number of rotatable bonds is 6. The number of amides is 1. The summed E-state index contributed by atoms with van der Waals surface area (Å²) in [7, 11) is -3.43. The molecule has 2 fully saturated rings. The van der Waals surface area contributed by atoms with E-state index in [4.69, 9.17) is 0 Å². The zero-order chi connectivity index (χ0) is 22.4. The number of anilines is 1. The fourth-order valence-corrected chi connectivity index (χ4v) is 6.61. The first kappa shape index (κ1) is 23.2. The summed E-state index contributed by atoms with van der Waals surface area (Å²) in [6.45, 7) is 4.43. The molecule has 2 aliphatic rings. The number of aromatic nitrogens is 1. The Balaban J connectivity index is 1.29. The van der Waals surface area contributed by atoms with Crippen LogP contribution in [0.25, 0.3) is 0 Å². The highest BCUT2D eigenvalue weighted by Gasteiger charge is 2.25. The molecule has 0 radical (unpaired) electrons. The van der Waals surface area contributed by atoms with Gasteiger partial charge in [0.15, 0.2) is 5.13 Å². The van der Waals surface area contributed by atoms with E-state index in [2.05, 4.69) is 9.88 Å². The van der Waals surface area contributed by atoms with Crippen LogP contribution in [-0.2, 0) is 21.2 Å². The Morgan fingerprint density at radius 2 is 1.66 bits per heavy atom. The highest BCUT2D eigenvalue weighted by atomic mass is 32.2. The molecule has 4 rings (SSSR count). The fraction of sp³-hybridized carbons (Fsp3) is 0.565. The fourth-order valence-electron chi connectivity index (χ4n) is 4.40. The van der Waals surface area contributed by atoms with Crippen LogP contribution in [-0.4, -0.2) is 67.8 Å². The van der Waals surface area contributed by atoms with Crippen LogP contribution in [0.2, 0.25) is 0 Å². The summed E-state index contributed by atoms with van der Waals surface area (Å²) in [5, 5.41) is 3.00. The lowest BCUT2D eigenvalue weighted by Crippen LogP contribution is -2.35. The minimum atomic E-state index is -3.43. The lowest BCUT2D eigenvalue weighted by molar-refractivity contribution is -0.130. The van der Waals surface area contributed by atoms with Crippen molar-refractivity contribution in [3.8, 4) is 0 Å². The molecule has 0 spiro atoms. The number of nitrogens with zero attached hydrogens (tertiary/aromatic N) is 4. The smallest absolute Gasteiger partial charge is 0.243 e. The standard InChI is InChI=1S/C23H32N4O3S2/c28-22(25-13-5-14-26(18-17-25)23-24-12-19-31-23)11-8-20-6-9-21(10-7-20)32(29,30)27-15-3-1-2-4-16-27/h6-7,9-10,12,19H,1-5,8,11,13-18H2. The van der Waals surface area contributed by atoms with E-state index in [1.54, 1.807) is 27.8 Å². The first-order chi connectivity index (χ1) is 15.5. The van der Waals surface area contributed by atoms with Crippen LogP contribution < -0.4 is 4.90 Å². The van der Waals surface area contributed by atoms with Gasteiger partial charge >= 0.3 is 0 Å². The lowest BCUT2D eigenvalue weighted by Gasteiger charge is -2.22. The number of hydrogen-bond donors (Lipinski definition) is 0. The van der Waals surface area contributed by atoms with E-state index in [1.165, 1.54) is 0 Å². The van der Waals surface area contributed by atoms with Gasteiger partial charge in [-0.25, -0.2) is 13.4 Å². The van der Waals surface area contributed by atoms with Crippen LogP contribution in [0.5, 0.6) is 0 Å². The van der Waals surface area contributed by atoms with Gasteiger partial charge < -0.3 is 9.80 Å². The molecule has 9 heteroatoms. The van der Waals surface area contributed by atoms with Crippen molar-refractivity contribution in [2.75, 3.05) is 44.2 Å². The third-order valence-corrected chi connectivity index (χ3v) is 9.04. The average Bonchev–Trinajstić information content (AvgIpc) is 3.04. The van der Waals surface area contributed by atoms with Gasteiger partial charge in [0.25, 0.3) is 0 Å². The number of benzene rings is 1. The molecule has 1 aromatic heterocycles. The molecule has 7 nitrogen and oxygen atoms in total. The Morgan fingerprint density at radius 3 is 2.34 bits per heavy atom. The number of carbonyl (C=O) groups is 1. The Kier molecular flexibility index (Phi) is 7.80. The number of hydrogen-bond acceptors (Lipinski definition) is 6. The molecule has 3 heterocycles. The van der Waals surface area contributed by atoms with E-state index in [0.29, 0.717) is 37.4 Å². The average molecular weight is 477 g/mol. The second kappa shape index (κ2) is 10.8. The van der Waals surface area contributed by atoms with Crippen LogP contribution in [0.1, 0.15) is 44.1 Å². The van der Waals surface area contributed by atoms with Gasteiger partial charge in [0.05, 0.1) is 4.90 Å². The van der Waals surface area contributed by atoms with Crippen molar-refractivity contribution >= 4 is 32.4 Å². The molecule has 174 valence electrons. The highest BCUT2D eigenvalue weighted by molar-refractivity contribution is 7.89. The first-order valence-corrected chi connectivity index (χ1v) is 13.9. The Hall–Kier alpha value is -1.97. The first-order valence-electron chi connectivity index (χ1n) is 11.6. The van der Waals surface area contributed by atoms with Crippen LogP contribution in [0.15, 0.2) is 40.7 Å². The van der Waals surface area contributed by atoms with E-state index in [-0.39, 0.29) is 5.91 Å². The summed E-state index contributed by atoms with van der Waals surface area (Å²) in [6.07, 6.45) is 7.87. The SMILES string of the molecule is O=C(CCc1ccc(S(=O)(=O)N2CCCCCC2)cc1)N1CCCN(c2nccs2)CC1. The molecule has 0 aliphatic carbocycles. The summed E-state index contributed by atoms with van der Waals surface area (Å²) in [5.41, 5.74) is 0.993. The summed E-state index contributed by atoms with van der Waals surface area (Å²) in [5.74, 6) is 0.159. The molecule has 0 saturated carbocycles. The van der Waals surface area contributed by atoms with E-state index in [1.807, 2.05) is 28.6 Å². The van der Waals surface area contributed by atoms with Crippen LogP contribution in [0.4, 0.5) is 5.13 Å². The number of aryl methyl sites for hydroxylation is 1. The van der Waals surface area contributed by atoms with Crippen LogP contribution in [0.3, 0.4) is 0 Å². The van der Waals surface area contributed by atoms with Crippen molar-refractivity contribution in [1.29, 1.82) is 0 Å². The minimum absolute atomic E-state index is 0.159. The van der Waals surface area contributed by atoms with Crippen LogP contribution in [0, 0.1) is 0 Å². The van der Waals surface area contributed by atoms with Gasteiger partial charge in [-0.05, 0) is 43.4 Å². The van der Waals surface area contributed by atoms with Gasteiger partial charge in [0.2, 0.25) is 15.9 Å². The zero-order valence-corrected chi connectivity index (χ0v) is 20.1. The predicted octanol–water partition coefficient (Wildman–Crippen LogP) is 3.38. The van der Waals surface area contributed by atoms with Crippen molar-refractivity contribution in [3.63, 3.8) is 0 Å². The summed E-state index contributed by atoms with van der Waals surface area (Å²) in [4.78, 5) is 21.7. The van der Waals surface area contributed by atoms with Gasteiger partial charge in [-0.15, -0.1) is 11.3 Å². The molecule has 1 aromatic carbocycles. The van der Waals surface area contributed by atoms with Crippen molar-refractivity contribution < 1.29 is 13.2 Å². The maximum Gasteiger partial charge on any atom is 0.243 e. The van der Waals surface area contributed by atoms with Gasteiger partial charge in [-0.3, -0.25) is 4.79 Å². The minimum Gasteiger partial charge on any atom is -0.346 e. The third-order valence-electron chi connectivity index (χ3n) is 6.29. The molecule has 0 atom stereocenters. The molecule has 2 aliphatic heterocycles. The Morgan fingerprint density at radius 1 is 0.906 bits per heavy atom. The molecule has 1 amide bonds. The van der Waals surface area contributed by atoms with E-state index in [9.17, 15) is 13.2 Å². The molecular formula is C23H32N4O3S2. The molecule has 2 aromatic rings. The molecule has 0 bridgehead atoms. The largest absolute Gasteiger partial charge is 0.346 e. The lowest BCUT2D eigenvalue weighted by atomic mass is 10.1. The van der Waals surface area contributed by atoms with Gasteiger partial charge in [-0.1, -0.05) is 25.0 Å². The predicted molar refractivity (Wildman–Crippen MR) is 128 cm³/mol. The molecule has 0 N–H and O–H groups in total. The highest BCUT2D eigenvalue weighted by Crippen LogP contribution is 2.22. The number of thiazole rings is 1. The molecule has 0 unspecified atom stereocenters. The topological polar surface area (TPSA) is 73.8 Å². The quantitative estimate of drug-likeness (QED) is 0.639.